The molecule has 10 nitrogen and oxygen atoms in total. The van der Waals surface area contributed by atoms with Crippen molar-refractivity contribution in [2.24, 2.45) is 11.3 Å². The standard InChI is InChI=1S/C28H46N4O6/c1-20(2)25(26(37)30-16-24(36)31-22-11-9-21(17-34)10-12-22)32-23(35)15-27(3,4)19-38-28(5,6)18-29-13-7-8-14-33/h9-12,14,20,25,29,34H,7-8,13,15-19H2,1-6H3,(H,30,37)(H,31,36)(H,32,35). The number of carbonyl (C=O) groups is 4. The third-order valence-electron chi connectivity index (χ3n) is 5.83. The molecule has 0 spiro atoms. The Morgan fingerprint density at radius 1 is 1.05 bits per heavy atom. The van der Waals surface area contributed by atoms with Crippen molar-refractivity contribution in [3.8, 4) is 0 Å². The Balaban J connectivity index is 2.52. The number of hydrogen-bond acceptors (Lipinski definition) is 7. The predicted molar refractivity (Wildman–Crippen MR) is 147 cm³/mol. The molecule has 0 aliphatic heterocycles. The highest BCUT2D eigenvalue weighted by Crippen LogP contribution is 2.24. The fourth-order valence-electron chi connectivity index (χ4n) is 3.56. The summed E-state index contributed by atoms with van der Waals surface area (Å²) in [5.41, 5.74) is 0.361. The van der Waals surface area contributed by atoms with Crippen LogP contribution in [-0.4, -0.2) is 67.0 Å². The van der Waals surface area contributed by atoms with E-state index >= 15 is 0 Å². The van der Waals surface area contributed by atoms with Crippen molar-refractivity contribution in [2.45, 2.75) is 79.1 Å². The Hall–Kier alpha value is -2.82. The number of rotatable bonds is 18. The van der Waals surface area contributed by atoms with E-state index in [1.54, 1.807) is 24.3 Å². The van der Waals surface area contributed by atoms with Gasteiger partial charge in [-0.15, -0.1) is 0 Å². The Bertz CT molecular complexity index is 899. The van der Waals surface area contributed by atoms with Crippen LogP contribution >= 0.6 is 0 Å². The van der Waals surface area contributed by atoms with E-state index in [2.05, 4.69) is 21.3 Å². The Labute approximate surface area is 226 Å². The van der Waals surface area contributed by atoms with Crippen LogP contribution in [0, 0.1) is 11.3 Å². The number of unbranched alkanes of at least 4 members (excludes halogenated alkanes) is 1. The topological polar surface area (TPSA) is 146 Å². The van der Waals surface area contributed by atoms with Gasteiger partial charge >= 0.3 is 0 Å². The number of ether oxygens (including phenoxy) is 1. The van der Waals surface area contributed by atoms with Gasteiger partial charge in [0.25, 0.3) is 0 Å². The van der Waals surface area contributed by atoms with Gasteiger partial charge in [0.1, 0.15) is 12.3 Å². The van der Waals surface area contributed by atoms with Gasteiger partial charge in [-0.3, -0.25) is 14.4 Å². The largest absolute Gasteiger partial charge is 0.392 e. The molecular formula is C28H46N4O6. The van der Waals surface area contributed by atoms with Gasteiger partial charge in [0.15, 0.2) is 0 Å². The molecule has 1 unspecified atom stereocenters. The maximum absolute atomic E-state index is 12.8. The normalized spacial score (nSPS) is 12.6. The highest BCUT2D eigenvalue weighted by Gasteiger charge is 2.30. The van der Waals surface area contributed by atoms with Crippen molar-refractivity contribution in [1.82, 2.24) is 16.0 Å². The van der Waals surface area contributed by atoms with Gasteiger partial charge in [0.2, 0.25) is 17.7 Å². The molecule has 1 atom stereocenters. The summed E-state index contributed by atoms with van der Waals surface area (Å²) in [5, 5.41) is 20.5. The van der Waals surface area contributed by atoms with Gasteiger partial charge in [0.05, 0.1) is 25.4 Å². The molecule has 0 aliphatic carbocycles. The van der Waals surface area contributed by atoms with Crippen molar-refractivity contribution in [3.63, 3.8) is 0 Å². The average molecular weight is 535 g/mol. The van der Waals surface area contributed by atoms with E-state index < -0.39 is 28.9 Å². The molecular weight excluding hydrogens is 488 g/mol. The third kappa shape index (κ3) is 13.6. The van der Waals surface area contributed by atoms with Gasteiger partial charge in [-0.1, -0.05) is 39.8 Å². The molecule has 0 aliphatic rings. The van der Waals surface area contributed by atoms with Crippen LogP contribution in [0.1, 0.15) is 66.4 Å². The fourth-order valence-corrected chi connectivity index (χ4v) is 3.56. The molecule has 38 heavy (non-hydrogen) atoms. The zero-order valence-corrected chi connectivity index (χ0v) is 23.7. The lowest BCUT2D eigenvalue weighted by atomic mass is 9.89. The molecule has 3 amide bonds. The van der Waals surface area contributed by atoms with Crippen LogP contribution in [0.4, 0.5) is 5.69 Å². The number of aliphatic hydroxyl groups excluding tert-OH is 1. The van der Waals surface area contributed by atoms with Gasteiger partial charge < -0.3 is 35.9 Å². The lowest BCUT2D eigenvalue weighted by Crippen LogP contribution is -2.51. The molecule has 1 aromatic carbocycles. The molecule has 214 valence electrons. The Morgan fingerprint density at radius 3 is 2.29 bits per heavy atom. The molecule has 1 rings (SSSR count). The van der Waals surface area contributed by atoms with Crippen molar-refractivity contribution >= 4 is 29.7 Å². The molecule has 10 heteroatoms. The molecule has 5 N–H and O–H groups in total. The first-order chi connectivity index (χ1) is 17.8. The number of carbonyl (C=O) groups excluding carboxylic acids is 4. The van der Waals surface area contributed by atoms with E-state index in [1.165, 1.54) is 0 Å². The van der Waals surface area contributed by atoms with Crippen LogP contribution in [0.3, 0.4) is 0 Å². The summed E-state index contributed by atoms with van der Waals surface area (Å²) < 4.78 is 6.08. The molecule has 0 aromatic heterocycles. The fraction of sp³-hybridized carbons (Fsp3) is 0.643. The van der Waals surface area contributed by atoms with E-state index in [1.807, 2.05) is 41.5 Å². The van der Waals surface area contributed by atoms with Gasteiger partial charge in [-0.25, -0.2) is 0 Å². The van der Waals surface area contributed by atoms with Crippen LogP contribution in [0.15, 0.2) is 24.3 Å². The summed E-state index contributed by atoms with van der Waals surface area (Å²) in [6.07, 6.45) is 2.37. The number of amides is 3. The number of hydrogen-bond donors (Lipinski definition) is 5. The van der Waals surface area contributed by atoms with Crippen molar-refractivity contribution in [3.05, 3.63) is 29.8 Å². The second kappa shape index (κ2) is 16.2. The zero-order valence-electron chi connectivity index (χ0n) is 23.7. The summed E-state index contributed by atoms with van der Waals surface area (Å²) in [6, 6.07) is 5.94. The first kappa shape index (κ1) is 33.2. The van der Waals surface area contributed by atoms with E-state index in [-0.39, 0.29) is 31.4 Å². The quantitative estimate of drug-likeness (QED) is 0.143. The van der Waals surface area contributed by atoms with Crippen LogP contribution in [-0.2, 0) is 30.5 Å². The summed E-state index contributed by atoms with van der Waals surface area (Å²) in [7, 11) is 0. The van der Waals surface area contributed by atoms with Gasteiger partial charge in [-0.05, 0) is 55.8 Å². The zero-order chi connectivity index (χ0) is 28.8. The number of benzene rings is 1. The molecule has 0 heterocycles. The average Bonchev–Trinajstić information content (AvgIpc) is 2.84. The van der Waals surface area contributed by atoms with Crippen LogP contribution < -0.4 is 21.3 Å². The number of aldehydes is 1. The summed E-state index contributed by atoms with van der Waals surface area (Å²) in [4.78, 5) is 48.2. The lowest BCUT2D eigenvalue weighted by molar-refractivity contribution is -0.132. The van der Waals surface area contributed by atoms with Crippen LogP contribution in [0.25, 0.3) is 0 Å². The van der Waals surface area contributed by atoms with Gasteiger partial charge in [0, 0.05) is 25.1 Å². The predicted octanol–water partition coefficient (Wildman–Crippen LogP) is 2.15. The molecule has 0 saturated carbocycles. The number of nitrogens with one attached hydrogen (secondary N) is 4. The third-order valence-corrected chi connectivity index (χ3v) is 5.83. The monoisotopic (exact) mass is 534 g/mol. The highest BCUT2D eigenvalue weighted by molar-refractivity contribution is 5.96. The second-order valence-electron chi connectivity index (χ2n) is 11.3. The SMILES string of the molecule is CC(C)C(NC(=O)CC(C)(C)COC(C)(C)CNCCCC=O)C(=O)NCC(=O)Nc1ccc(CO)cc1. The maximum Gasteiger partial charge on any atom is 0.243 e. The highest BCUT2D eigenvalue weighted by atomic mass is 16.5. The lowest BCUT2D eigenvalue weighted by Gasteiger charge is -2.32. The minimum atomic E-state index is -0.789. The van der Waals surface area contributed by atoms with Crippen LogP contribution in [0.2, 0.25) is 0 Å². The maximum atomic E-state index is 12.8. The molecule has 0 saturated heterocycles. The molecule has 0 fully saturated rings. The number of aliphatic hydroxyl groups is 1. The first-order valence-electron chi connectivity index (χ1n) is 13.1. The molecule has 0 radical (unpaired) electrons. The smallest absolute Gasteiger partial charge is 0.243 e. The van der Waals surface area contributed by atoms with E-state index in [9.17, 15) is 19.2 Å². The minimum Gasteiger partial charge on any atom is -0.392 e. The molecule has 1 aromatic rings. The number of anilines is 1. The Kier molecular flexibility index (Phi) is 14.2. The summed E-state index contributed by atoms with van der Waals surface area (Å²) in [6.45, 7) is 12.8. The van der Waals surface area contributed by atoms with E-state index in [0.29, 0.717) is 25.3 Å². The summed E-state index contributed by atoms with van der Waals surface area (Å²) in [5.74, 6) is -1.29. The summed E-state index contributed by atoms with van der Waals surface area (Å²) >= 11 is 0. The first-order valence-corrected chi connectivity index (χ1v) is 13.1. The van der Waals surface area contributed by atoms with Crippen LogP contribution in [0.5, 0.6) is 0 Å². The van der Waals surface area contributed by atoms with E-state index in [0.717, 1.165) is 24.8 Å². The van der Waals surface area contributed by atoms with E-state index in [4.69, 9.17) is 9.84 Å². The van der Waals surface area contributed by atoms with Crippen molar-refractivity contribution in [1.29, 1.82) is 0 Å². The van der Waals surface area contributed by atoms with Gasteiger partial charge in [-0.2, -0.15) is 0 Å². The minimum absolute atomic E-state index is 0.0868. The molecule has 0 bridgehead atoms. The Morgan fingerprint density at radius 2 is 1.71 bits per heavy atom. The van der Waals surface area contributed by atoms with Crippen molar-refractivity contribution in [2.75, 3.05) is 31.6 Å². The second-order valence-corrected chi connectivity index (χ2v) is 11.3. The van der Waals surface area contributed by atoms with Crippen molar-refractivity contribution < 1.29 is 29.0 Å².